The minimum absolute atomic E-state index is 0.310. The Morgan fingerprint density at radius 2 is 1.05 bits per heavy atom. The van der Waals surface area contributed by atoms with Crippen molar-refractivity contribution in [3.8, 4) is 35.8 Å². The highest BCUT2D eigenvalue weighted by molar-refractivity contribution is 5.62. The quantitative estimate of drug-likeness (QED) is 0.595. The van der Waals surface area contributed by atoms with Crippen LogP contribution in [0.15, 0.2) is 60.7 Å². The van der Waals surface area contributed by atoms with Crippen molar-refractivity contribution in [3.63, 3.8) is 0 Å². The van der Waals surface area contributed by atoms with Crippen LogP contribution in [0.25, 0.3) is 11.1 Å². The van der Waals surface area contributed by atoms with Gasteiger partial charge in [-0.05, 0) is 11.1 Å². The van der Waals surface area contributed by atoms with Crippen LogP contribution in [0.3, 0.4) is 0 Å². The number of benzene rings is 2. The van der Waals surface area contributed by atoms with Crippen LogP contribution in [0.2, 0.25) is 0 Å². The van der Waals surface area contributed by atoms with E-state index in [1.54, 1.807) is 0 Å². The summed E-state index contributed by atoms with van der Waals surface area (Å²) in [6, 6.07) is 20.8. The van der Waals surface area contributed by atoms with E-state index < -0.39 is 0 Å². The fraction of sp³-hybridized carbons (Fsp3) is 0.111. The van der Waals surface area contributed by atoms with Gasteiger partial charge in [0.15, 0.2) is 0 Å². The highest BCUT2D eigenvalue weighted by Gasteiger charge is 1.91. The van der Waals surface area contributed by atoms with Crippen molar-refractivity contribution in [2.75, 3.05) is 13.2 Å². The molecule has 2 aromatic rings. The fourth-order valence-electron chi connectivity index (χ4n) is 1.43. The third kappa shape index (κ3) is 6.13. The topological polar surface area (TPSA) is 9.23 Å². The van der Waals surface area contributed by atoms with Crippen molar-refractivity contribution in [2.24, 2.45) is 0 Å². The lowest BCUT2D eigenvalue weighted by Gasteiger charge is -1.98. The molecule has 0 radical (unpaired) electrons. The smallest absolute Gasteiger partial charge is 0.108 e. The van der Waals surface area contributed by atoms with Gasteiger partial charge in [-0.1, -0.05) is 72.5 Å². The van der Waals surface area contributed by atoms with Gasteiger partial charge in [-0.3, -0.25) is 0 Å². The van der Waals surface area contributed by atoms with Gasteiger partial charge >= 0.3 is 0 Å². The van der Waals surface area contributed by atoms with Gasteiger partial charge in [-0.2, -0.15) is 0 Å². The van der Waals surface area contributed by atoms with Gasteiger partial charge in [0.05, 0.1) is 0 Å². The Labute approximate surface area is 115 Å². The number of rotatable bonds is 3. The van der Waals surface area contributed by atoms with Gasteiger partial charge in [-0.15, -0.1) is 12.8 Å². The minimum atomic E-state index is 0.310. The standard InChI is InChI=1S/C12H10.C6H6O/c1-3-7-11(8-4-1)12-9-5-2-6-10-12;1-3-5-7-6-4-2/h1-10H;1-2H,5-6H2. The van der Waals surface area contributed by atoms with Gasteiger partial charge in [0.2, 0.25) is 0 Å². The summed E-state index contributed by atoms with van der Waals surface area (Å²) in [7, 11) is 0. The minimum Gasteiger partial charge on any atom is -0.356 e. The Hall–Kier alpha value is -2.48. The molecule has 0 amide bonds. The monoisotopic (exact) mass is 248 g/mol. The van der Waals surface area contributed by atoms with Gasteiger partial charge < -0.3 is 4.74 Å². The Morgan fingerprint density at radius 1 is 0.684 bits per heavy atom. The van der Waals surface area contributed by atoms with Crippen molar-refractivity contribution >= 4 is 0 Å². The molecule has 94 valence electrons. The van der Waals surface area contributed by atoms with Crippen molar-refractivity contribution in [3.05, 3.63) is 60.7 Å². The predicted octanol–water partition coefficient (Wildman–Crippen LogP) is 3.62. The maximum atomic E-state index is 4.83. The summed E-state index contributed by atoms with van der Waals surface area (Å²) in [5.74, 6) is 4.57. The fourth-order valence-corrected chi connectivity index (χ4v) is 1.43. The van der Waals surface area contributed by atoms with E-state index in [1.165, 1.54) is 11.1 Å². The average Bonchev–Trinajstić information content (AvgIpc) is 2.50. The lowest BCUT2D eigenvalue weighted by Crippen LogP contribution is -1.89. The molecule has 0 aliphatic carbocycles. The molecule has 2 aromatic carbocycles. The molecule has 0 saturated heterocycles. The van der Waals surface area contributed by atoms with Crippen LogP contribution in [-0.2, 0) is 4.74 Å². The van der Waals surface area contributed by atoms with Crippen LogP contribution in [0.4, 0.5) is 0 Å². The molecule has 0 atom stereocenters. The van der Waals surface area contributed by atoms with Crippen LogP contribution >= 0.6 is 0 Å². The highest BCUT2D eigenvalue weighted by atomic mass is 16.5. The molecule has 0 aromatic heterocycles. The second kappa shape index (κ2) is 9.54. The molecular formula is C18H16O. The maximum absolute atomic E-state index is 4.83. The van der Waals surface area contributed by atoms with Crippen LogP contribution in [-0.4, -0.2) is 13.2 Å². The van der Waals surface area contributed by atoms with Crippen molar-refractivity contribution in [1.82, 2.24) is 0 Å². The van der Waals surface area contributed by atoms with E-state index in [1.807, 2.05) is 12.1 Å². The molecule has 0 unspecified atom stereocenters. The van der Waals surface area contributed by atoms with Crippen LogP contribution in [0, 0.1) is 24.7 Å². The molecule has 0 saturated carbocycles. The van der Waals surface area contributed by atoms with Gasteiger partial charge in [0.1, 0.15) is 13.2 Å². The molecule has 0 fully saturated rings. The molecule has 1 nitrogen and oxygen atoms in total. The third-order valence-electron chi connectivity index (χ3n) is 2.25. The zero-order valence-electron chi connectivity index (χ0n) is 10.8. The molecule has 0 spiro atoms. The number of hydrogen-bond donors (Lipinski definition) is 0. The Morgan fingerprint density at radius 3 is 1.37 bits per heavy atom. The Balaban J connectivity index is 0.000000224. The summed E-state index contributed by atoms with van der Waals surface area (Å²) in [6.45, 7) is 0.619. The predicted molar refractivity (Wildman–Crippen MR) is 80.4 cm³/mol. The molecular weight excluding hydrogens is 232 g/mol. The lowest BCUT2D eigenvalue weighted by molar-refractivity contribution is 0.205. The first-order valence-electron chi connectivity index (χ1n) is 5.93. The molecule has 1 heteroatoms. The average molecular weight is 248 g/mol. The maximum Gasteiger partial charge on any atom is 0.108 e. The van der Waals surface area contributed by atoms with Crippen LogP contribution in [0.1, 0.15) is 0 Å². The van der Waals surface area contributed by atoms with Gasteiger partial charge in [0, 0.05) is 0 Å². The SMILES string of the molecule is C#CCOCC#C.c1ccc(-c2ccccc2)cc1. The zero-order valence-corrected chi connectivity index (χ0v) is 10.8. The van der Waals surface area contributed by atoms with E-state index >= 15 is 0 Å². The summed E-state index contributed by atoms with van der Waals surface area (Å²) in [5.41, 5.74) is 2.55. The van der Waals surface area contributed by atoms with E-state index in [4.69, 9.17) is 12.8 Å². The Kier molecular flexibility index (Phi) is 7.32. The molecule has 0 bridgehead atoms. The number of terminal acetylenes is 2. The summed E-state index contributed by atoms with van der Waals surface area (Å²) >= 11 is 0. The zero-order chi connectivity index (χ0) is 13.8. The molecule has 19 heavy (non-hydrogen) atoms. The van der Waals surface area contributed by atoms with E-state index in [-0.39, 0.29) is 0 Å². The summed E-state index contributed by atoms with van der Waals surface area (Å²) in [6.07, 6.45) is 9.65. The normalized spacial score (nSPS) is 8.53. The lowest BCUT2D eigenvalue weighted by atomic mass is 10.1. The molecule has 0 N–H and O–H groups in total. The summed E-state index contributed by atoms with van der Waals surface area (Å²) in [4.78, 5) is 0. The Bertz CT molecular complexity index is 478. The van der Waals surface area contributed by atoms with Crippen molar-refractivity contribution in [2.45, 2.75) is 0 Å². The molecule has 0 heterocycles. The van der Waals surface area contributed by atoms with Gasteiger partial charge in [-0.25, -0.2) is 0 Å². The van der Waals surface area contributed by atoms with E-state index in [2.05, 4.69) is 65.1 Å². The largest absolute Gasteiger partial charge is 0.356 e. The summed E-state index contributed by atoms with van der Waals surface area (Å²) in [5, 5.41) is 0. The van der Waals surface area contributed by atoms with Crippen LogP contribution in [0.5, 0.6) is 0 Å². The number of ether oxygens (including phenoxy) is 1. The van der Waals surface area contributed by atoms with Crippen molar-refractivity contribution < 1.29 is 4.74 Å². The van der Waals surface area contributed by atoms with E-state index in [9.17, 15) is 0 Å². The molecule has 2 rings (SSSR count). The first-order chi connectivity index (χ1) is 9.38. The van der Waals surface area contributed by atoms with E-state index in [0.717, 1.165) is 0 Å². The van der Waals surface area contributed by atoms with E-state index in [0.29, 0.717) is 13.2 Å². The summed E-state index contributed by atoms with van der Waals surface area (Å²) < 4.78 is 4.66. The second-order valence-electron chi connectivity index (χ2n) is 3.63. The third-order valence-corrected chi connectivity index (χ3v) is 2.25. The second-order valence-corrected chi connectivity index (χ2v) is 3.63. The number of hydrogen-bond acceptors (Lipinski definition) is 1. The van der Waals surface area contributed by atoms with Crippen LogP contribution < -0.4 is 0 Å². The van der Waals surface area contributed by atoms with Crippen molar-refractivity contribution in [1.29, 1.82) is 0 Å². The first kappa shape index (κ1) is 14.6. The molecule has 0 aliphatic rings. The molecule has 0 aliphatic heterocycles. The van der Waals surface area contributed by atoms with Gasteiger partial charge in [0.25, 0.3) is 0 Å². The first-order valence-corrected chi connectivity index (χ1v) is 5.93. The highest BCUT2D eigenvalue weighted by Crippen LogP contribution is 2.17.